The summed E-state index contributed by atoms with van der Waals surface area (Å²) in [5.41, 5.74) is 0.763. The van der Waals surface area contributed by atoms with Gasteiger partial charge < -0.3 is 0 Å². The van der Waals surface area contributed by atoms with Crippen molar-refractivity contribution in [2.24, 2.45) is 0 Å². The summed E-state index contributed by atoms with van der Waals surface area (Å²) in [4.78, 5) is 21.0. The van der Waals surface area contributed by atoms with Gasteiger partial charge in [-0.2, -0.15) is 0 Å². The predicted octanol–water partition coefficient (Wildman–Crippen LogP) is 2.84. The molecule has 0 saturated carbocycles. The molecule has 0 aliphatic carbocycles. The summed E-state index contributed by atoms with van der Waals surface area (Å²) in [6, 6.07) is 3.32. The molecule has 1 aromatic rings. The Morgan fingerprint density at radius 2 is 1.75 bits per heavy atom. The van der Waals surface area contributed by atoms with Gasteiger partial charge in [0, 0.05) is 20.1 Å². The molecule has 0 saturated heterocycles. The molecule has 0 unspecified atom stereocenters. The summed E-state index contributed by atoms with van der Waals surface area (Å²) >= 11 is 6.39. The third-order valence-corrected chi connectivity index (χ3v) is 2.49. The Labute approximate surface area is 86.2 Å². The van der Waals surface area contributed by atoms with Crippen molar-refractivity contribution in [1.29, 1.82) is 0 Å². The zero-order valence-corrected chi connectivity index (χ0v) is 9.05. The highest BCUT2D eigenvalue weighted by Gasteiger charge is 2.06. The second-order valence-electron chi connectivity index (χ2n) is 2.13. The van der Waals surface area contributed by atoms with Gasteiger partial charge in [-0.05, 0) is 28.1 Å². The molecule has 0 aromatic heterocycles. The Hall–Kier alpha value is -0.480. The van der Waals surface area contributed by atoms with Crippen LogP contribution in [0, 0.1) is 0 Å². The quantitative estimate of drug-likeness (QED) is 0.785. The zero-order chi connectivity index (χ0) is 9.14. The molecule has 0 atom stereocenters. The SMILES string of the molecule is O=Cc1cc(Br)cc(Br)c1C=O. The second kappa shape index (κ2) is 3.96. The average molecular weight is 292 g/mol. The molecular weight excluding hydrogens is 288 g/mol. The van der Waals surface area contributed by atoms with Crippen LogP contribution >= 0.6 is 31.9 Å². The van der Waals surface area contributed by atoms with Gasteiger partial charge in [-0.25, -0.2) is 0 Å². The lowest BCUT2D eigenvalue weighted by Crippen LogP contribution is -1.92. The molecule has 0 heterocycles. The number of benzene rings is 1. The van der Waals surface area contributed by atoms with Gasteiger partial charge in [-0.15, -0.1) is 0 Å². The minimum Gasteiger partial charge on any atom is -0.298 e. The third-order valence-electron chi connectivity index (χ3n) is 1.37. The Balaban J connectivity index is 3.43. The van der Waals surface area contributed by atoms with E-state index in [-0.39, 0.29) is 0 Å². The lowest BCUT2D eigenvalue weighted by molar-refractivity contribution is 0.109. The third kappa shape index (κ3) is 1.81. The van der Waals surface area contributed by atoms with E-state index in [0.717, 1.165) is 4.47 Å². The van der Waals surface area contributed by atoms with E-state index in [1.54, 1.807) is 12.1 Å². The van der Waals surface area contributed by atoms with E-state index in [1.807, 2.05) is 0 Å². The summed E-state index contributed by atoms with van der Waals surface area (Å²) in [6.45, 7) is 0. The van der Waals surface area contributed by atoms with Crippen molar-refractivity contribution in [3.63, 3.8) is 0 Å². The van der Waals surface area contributed by atoms with Crippen LogP contribution in [0.4, 0.5) is 0 Å². The maximum Gasteiger partial charge on any atom is 0.151 e. The van der Waals surface area contributed by atoms with Crippen LogP contribution < -0.4 is 0 Å². The van der Waals surface area contributed by atoms with Crippen LogP contribution in [0.15, 0.2) is 21.1 Å². The van der Waals surface area contributed by atoms with Crippen LogP contribution in [0.3, 0.4) is 0 Å². The molecule has 2 nitrogen and oxygen atoms in total. The van der Waals surface area contributed by atoms with Gasteiger partial charge in [-0.1, -0.05) is 15.9 Å². The van der Waals surface area contributed by atoms with Crippen LogP contribution in [0.1, 0.15) is 20.7 Å². The summed E-state index contributed by atoms with van der Waals surface area (Å²) in [6.07, 6.45) is 1.31. The molecule has 0 aliphatic rings. The summed E-state index contributed by atoms with van der Waals surface area (Å²) in [7, 11) is 0. The van der Waals surface area contributed by atoms with E-state index in [9.17, 15) is 9.59 Å². The first-order chi connectivity index (χ1) is 5.69. The average Bonchev–Trinajstić information content (AvgIpc) is 2.03. The van der Waals surface area contributed by atoms with Crippen molar-refractivity contribution in [3.05, 3.63) is 32.2 Å². The van der Waals surface area contributed by atoms with E-state index < -0.39 is 0 Å². The van der Waals surface area contributed by atoms with Gasteiger partial charge in [0.05, 0.1) is 0 Å². The van der Waals surface area contributed by atoms with Crippen molar-refractivity contribution < 1.29 is 9.59 Å². The Morgan fingerprint density at radius 3 is 2.25 bits per heavy atom. The molecule has 12 heavy (non-hydrogen) atoms. The molecule has 1 aromatic carbocycles. The molecule has 0 spiro atoms. The number of carbonyl (C=O) groups excluding carboxylic acids is 2. The fourth-order valence-corrected chi connectivity index (χ4v) is 2.18. The van der Waals surface area contributed by atoms with Gasteiger partial charge in [0.15, 0.2) is 12.6 Å². The molecule has 62 valence electrons. The molecule has 4 heteroatoms. The largest absolute Gasteiger partial charge is 0.298 e. The first-order valence-electron chi connectivity index (χ1n) is 3.08. The number of halogens is 2. The highest BCUT2D eigenvalue weighted by atomic mass is 79.9. The Kier molecular flexibility index (Phi) is 3.17. The van der Waals surface area contributed by atoms with Crippen molar-refractivity contribution in [2.45, 2.75) is 0 Å². The van der Waals surface area contributed by atoms with Gasteiger partial charge in [0.2, 0.25) is 0 Å². The Bertz CT molecular complexity index is 334. The lowest BCUT2D eigenvalue weighted by Gasteiger charge is -2.00. The van der Waals surface area contributed by atoms with Crippen molar-refractivity contribution >= 4 is 44.4 Å². The molecular formula is C8H4Br2O2. The van der Waals surface area contributed by atoms with E-state index in [0.29, 0.717) is 28.2 Å². The predicted molar refractivity (Wildman–Crippen MR) is 52.6 cm³/mol. The maximum absolute atomic E-state index is 10.5. The topological polar surface area (TPSA) is 34.1 Å². The number of hydrogen-bond acceptors (Lipinski definition) is 2. The van der Waals surface area contributed by atoms with E-state index in [1.165, 1.54) is 0 Å². The summed E-state index contributed by atoms with van der Waals surface area (Å²) < 4.78 is 1.39. The minimum atomic E-state index is 0.381. The van der Waals surface area contributed by atoms with Crippen LogP contribution in [0.2, 0.25) is 0 Å². The number of hydrogen-bond donors (Lipinski definition) is 0. The zero-order valence-electron chi connectivity index (χ0n) is 5.88. The van der Waals surface area contributed by atoms with Crippen LogP contribution in [-0.2, 0) is 0 Å². The number of rotatable bonds is 2. The summed E-state index contributed by atoms with van der Waals surface area (Å²) in [5, 5.41) is 0. The standard InChI is InChI=1S/C8H4Br2O2/c9-6-1-5(3-11)7(4-12)8(10)2-6/h1-4H. The highest BCUT2D eigenvalue weighted by Crippen LogP contribution is 2.23. The fourth-order valence-electron chi connectivity index (χ4n) is 0.827. The molecule has 0 radical (unpaired) electrons. The van der Waals surface area contributed by atoms with E-state index >= 15 is 0 Å². The number of carbonyl (C=O) groups is 2. The van der Waals surface area contributed by atoms with Crippen LogP contribution in [-0.4, -0.2) is 12.6 Å². The maximum atomic E-state index is 10.5. The fraction of sp³-hybridized carbons (Fsp3) is 0. The van der Waals surface area contributed by atoms with Crippen molar-refractivity contribution in [3.8, 4) is 0 Å². The van der Waals surface area contributed by atoms with Crippen molar-refractivity contribution in [2.75, 3.05) is 0 Å². The van der Waals surface area contributed by atoms with Crippen LogP contribution in [0.5, 0.6) is 0 Å². The normalized spacial score (nSPS) is 9.50. The molecule has 0 aliphatic heterocycles. The van der Waals surface area contributed by atoms with E-state index in [4.69, 9.17) is 0 Å². The van der Waals surface area contributed by atoms with Gasteiger partial charge in [0.25, 0.3) is 0 Å². The van der Waals surface area contributed by atoms with E-state index in [2.05, 4.69) is 31.9 Å². The first-order valence-corrected chi connectivity index (χ1v) is 4.67. The smallest absolute Gasteiger partial charge is 0.151 e. The molecule has 0 amide bonds. The molecule has 0 fully saturated rings. The molecule has 0 N–H and O–H groups in total. The molecule has 1 rings (SSSR count). The molecule has 0 bridgehead atoms. The van der Waals surface area contributed by atoms with Crippen molar-refractivity contribution in [1.82, 2.24) is 0 Å². The second-order valence-corrected chi connectivity index (χ2v) is 3.90. The number of aldehydes is 2. The van der Waals surface area contributed by atoms with Gasteiger partial charge >= 0.3 is 0 Å². The van der Waals surface area contributed by atoms with Gasteiger partial charge in [0.1, 0.15) is 0 Å². The minimum absolute atomic E-state index is 0.381. The summed E-state index contributed by atoms with van der Waals surface area (Å²) in [5.74, 6) is 0. The first kappa shape index (κ1) is 9.61. The Morgan fingerprint density at radius 1 is 1.08 bits per heavy atom. The van der Waals surface area contributed by atoms with Crippen LogP contribution in [0.25, 0.3) is 0 Å². The highest BCUT2D eigenvalue weighted by molar-refractivity contribution is 9.11. The monoisotopic (exact) mass is 290 g/mol. The lowest BCUT2D eigenvalue weighted by atomic mass is 10.1. The van der Waals surface area contributed by atoms with Gasteiger partial charge in [-0.3, -0.25) is 9.59 Å².